The van der Waals surface area contributed by atoms with E-state index in [-0.39, 0.29) is 11.5 Å². The molecule has 0 radical (unpaired) electrons. The number of carbonyl (C=O) groups excluding carboxylic acids is 1. The predicted molar refractivity (Wildman–Crippen MR) is 88.8 cm³/mol. The first-order chi connectivity index (χ1) is 11.0. The summed E-state index contributed by atoms with van der Waals surface area (Å²) < 4.78 is 5.20. The van der Waals surface area contributed by atoms with Gasteiger partial charge in [0.25, 0.3) is 0 Å². The van der Waals surface area contributed by atoms with Gasteiger partial charge in [0, 0.05) is 17.3 Å². The second-order valence-electron chi connectivity index (χ2n) is 4.90. The zero-order valence-corrected chi connectivity index (χ0v) is 12.9. The highest BCUT2D eigenvalue weighted by atomic mass is 16.5. The number of benzene rings is 2. The minimum atomic E-state index is -1.02. The molecule has 0 unspecified atom stereocenters. The molecule has 5 heteroatoms. The number of methoxy groups -OCH3 is 1. The fourth-order valence-electron chi connectivity index (χ4n) is 2.08. The van der Waals surface area contributed by atoms with Gasteiger partial charge in [-0.2, -0.15) is 0 Å². The lowest BCUT2D eigenvalue weighted by atomic mass is 10.1. The normalized spacial score (nSPS) is 10.5. The number of carboxylic acids is 1. The molecule has 0 saturated carbocycles. The van der Waals surface area contributed by atoms with Crippen LogP contribution in [-0.4, -0.2) is 24.1 Å². The summed E-state index contributed by atoms with van der Waals surface area (Å²) in [6.07, 6.45) is 3.01. The standard InChI is InChI=1S/C18H17NO4/c1-12-7-9-14(11-15(12)18(21)22)19-17(20)10-8-13-5-3-4-6-16(13)23-2/h3-11H,1-2H3,(H,19,20)(H,21,22)/b10-8+. The first-order valence-corrected chi connectivity index (χ1v) is 6.97. The van der Waals surface area contributed by atoms with Crippen LogP contribution in [0, 0.1) is 6.92 Å². The maximum Gasteiger partial charge on any atom is 0.336 e. The van der Waals surface area contributed by atoms with Crippen molar-refractivity contribution in [2.24, 2.45) is 0 Å². The fraction of sp³-hybridized carbons (Fsp3) is 0.111. The maximum absolute atomic E-state index is 12.0. The highest BCUT2D eigenvalue weighted by molar-refractivity contribution is 6.03. The summed E-state index contributed by atoms with van der Waals surface area (Å²) in [6, 6.07) is 12.1. The van der Waals surface area contributed by atoms with E-state index in [0.717, 1.165) is 5.56 Å². The molecule has 0 aliphatic rings. The summed E-state index contributed by atoms with van der Waals surface area (Å²) in [6.45, 7) is 1.70. The number of ether oxygens (including phenoxy) is 1. The molecule has 0 atom stereocenters. The summed E-state index contributed by atoms with van der Waals surface area (Å²) in [5.74, 6) is -0.709. The molecule has 0 aliphatic carbocycles. The second-order valence-corrected chi connectivity index (χ2v) is 4.90. The van der Waals surface area contributed by atoms with Gasteiger partial charge in [0.1, 0.15) is 5.75 Å². The van der Waals surface area contributed by atoms with Crippen LogP contribution in [0.15, 0.2) is 48.5 Å². The lowest BCUT2D eigenvalue weighted by molar-refractivity contribution is -0.111. The molecule has 118 valence electrons. The Morgan fingerprint density at radius 2 is 1.91 bits per heavy atom. The third-order valence-corrected chi connectivity index (χ3v) is 3.29. The van der Waals surface area contributed by atoms with Gasteiger partial charge in [-0.05, 0) is 36.8 Å². The molecule has 2 aromatic carbocycles. The summed E-state index contributed by atoms with van der Waals surface area (Å²) in [5.41, 5.74) is 2.01. The molecule has 0 bridgehead atoms. The number of nitrogens with one attached hydrogen (secondary N) is 1. The molecule has 0 aliphatic heterocycles. The van der Waals surface area contributed by atoms with E-state index in [4.69, 9.17) is 9.84 Å². The molecule has 0 fully saturated rings. The molecular formula is C18H17NO4. The van der Waals surface area contributed by atoms with Gasteiger partial charge in [-0.1, -0.05) is 24.3 Å². The average Bonchev–Trinajstić information content (AvgIpc) is 2.54. The largest absolute Gasteiger partial charge is 0.496 e. The first-order valence-electron chi connectivity index (χ1n) is 6.97. The van der Waals surface area contributed by atoms with Crippen molar-refractivity contribution in [1.29, 1.82) is 0 Å². The van der Waals surface area contributed by atoms with Gasteiger partial charge in [0.05, 0.1) is 12.7 Å². The van der Waals surface area contributed by atoms with Crippen LogP contribution in [0.1, 0.15) is 21.5 Å². The third kappa shape index (κ3) is 4.20. The number of aryl methyl sites for hydroxylation is 1. The quantitative estimate of drug-likeness (QED) is 0.830. The highest BCUT2D eigenvalue weighted by Crippen LogP contribution is 2.19. The number of amides is 1. The lowest BCUT2D eigenvalue weighted by Crippen LogP contribution is -2.09. The van der Waals surface area contributed by atoms with Crippen molar-refractivity contribution in [2.45, 2.75) is 6.92 Å². The number of anilines is 1. The molecule has 2 N–H and O–H groups in total. The molecule has 0 saturated heterocycles. The van der Waals surface area contributed by atoms with Crippen molar-refractivity contribution in [2.75, 3.05) is 12.4 Å². The van der Waals surface area contributed by atoms with Crippen molar-refractivity contribution >= 4 is 23.6 Å². The first kappa shape index (κ1) is 16.3. The number of carboxylic acid groups (broad SMARTS) is 1. The van der Waals surface area contributed by atoms with Crippen molar-refractivity contribution in [3.8, 4) is 5.75 Å². The van der Waals surface area contributed by atoms with Crippen LogP contribution < -0.4 is 10.1 Å². The number of rotatable bonds is 5. The molecule has 2 aromatic rings. The monoisotopic (exact) mass is 311 g/mol. The van der Waals surface area contributed by atoms with Crippen molar-refractivity contribution in [3.05, 3.63) is 65.2 Å². The highest BCUT2D eigenvalue weighted by Gasteiger charge is 2.08. The summed E-state index contributed by atoms with van der Waals surface area (Å²) in [7, 11) is 1.56. The van der Waals surface area contributed by atoms with Crippen LogP contribution in [0.3, 0.4) is 0 Å². The molecule has 2 rings (SSSR count). The minimum absolute atomic E-state index is 0.163. The molecule has 0 spiro atoms. The molecule has 5 nitrogen and oxygen atoms in total. The maximum atomic E-state index is 12.0. The Labute approximate surface area is 134 Å². The molecular weight excluding hydrogens is 294 g/mol. The Balaban J connectivity index is 2.12. The predicted octanol–water partition coefficient (Wildman–Crippen LogP) is 3.35. The Hall–Kier alpha value is -3.08. The third-order valence-electron chi connectivity index (χ3n) is 3.29. The number of hydrogen-bond acceptors (Lipinski definition) is 3. The zero-order chi connectivity index (χ0) is 16.8. The number of carbonyl (C=O) groups is 2. The summed E-state index contributed by atoms with van der Waals surface area (Å²) in [4.78, 5) is 23.1. The topological polar surface area (TPSA) is 75.6 Å². The van der Waals surface area contributed by atoms with Gasteiger partial charge >= 0.3 is 5.97 Å². The van der Waals surface area contributed by atoms with Gasteiger partial charge in [-0.3, -0.25) is 4.79 Å². The Bertz CT molecular complexity index is 765. The van der Waals surface area contributed by atoms with Crippen LogP contribution in [0.2, 0.25) is 0 Å². The van der Waals surface area contributed by atoms with E-state index in [2.05, 4.69) is 5.32 Å². The van der Waals surface area contributed by atoms with Gasteiger partial charge in [-0.25, -0.2) is 4.79 Å². The van der Waals surface area contributed by atoms with Crippen molar-refractivity contribution in [3.63, 3.8) is 0 Å². The lowest BCUT2D eigenvalue weighted by Gasteiger charge is -2.06. The summed E-state index contributed by atoms with van der Waals surface area (Å²) >= 11 is 0. The SMILES string of the molecule is COc1ccccc1/C=C/C(=O)Nc1ccc(C)c(C(=O)O)c1. The van der Waals surface area contributed by atoms with Crippen LogP contribution in [-0.2, 0) is 4.79 Å². The van der Waals surface area contributed by atoms with E-state index < -0.39 is 5.97 Å². The van der Waals surface area contributed by atoms with E-state index in [9.17, 15) is 9.59 Å². The molecule has 0 heterocycles. The van der Waals surface area contributed by atoms with Crippen LogP contribution >= 0.6 is 0 Å². The Morgan fingerprint density at radius 1 is 1.17 bits per heavy atom. The minimum Gasteiger partial charge on any atom is -0.496 e. The number of aromatic carboxylic acids is 1. The smallest absolute Gasteiger partial charge is 0.336 e. The van der Waals surface area contributed by atoms with E-state index in [0.29, 0.717) is 17.0 Å². The van der Waals surface area contributed by atoms with Crippen molar-refractivity contribution < 1.29 is 19.4 Å². The number of hydrogen-bond donors (Lipinski definition) is 2. The van der Waals surface area contributed by atoms with Crippen LogP contribution in [0.25, 0.3) is 6.08 Å². The average molecular weight is 311 g/mol. The van der Waals surface area contributed by atoms with E-state index in [1.54, 1.807) is 38.3 Å². The van der Waals surface area contributed by atoms with Crippen molar-refractivity contribution in [1.82, 2.24) is 0 Å². The molecule has 0 aromatic heterocycles. The van der Waals surface area contributed by atoms with E-state index >= 15 is 0 Å². The zero-order valence-electron chi connectivity index (χ0n) is 12.9. The van der Waals surface area contributed by atoms with Gasteiger partial charge in [0.15, 0.2) is 0 Å². The van der Waals surface area contributed by atoms with Gasteiger partial charge in [0.2, 0.25) is 5.91 Å². The summed E-state index contributed by atoms with van der Waals surface area (Å²) in [5, 5.41) is 11.7. The van der Waals surface area contributed by atoms with E-state index in [1.807, 2.05) is 18.2 Å². The van der Waals surface area contributed by atoms with Gasteiger partial charge in [-0.15, -0.1) is 0 Å². The Morgan fingerprint density at radius 3 is 2.61 bits per heavy atom. The second kappa shape index (κ2) is 7.26. The Kier molecular flexibility index (Phi) is 5.15. The van der Waals surface area contributed by atoms with Crippen LogP contribution in [0.5, 0.6) is 5.75 Å². The molecule has 1 amide bonds. The van der Waals surface area contributed by atoms with Crippen LogP contribution in [0.4, 0.5) is 5.69 Å². The molecule has 23 heavy (non-hydrogen) atoms. The van der Waals surface area contributed by atoms with Gasteiger partial charge < -0.3 is 15.2 Å². The number of para-hydroxylation sites is 1. The van der Waals surface area contributed by atoms with E-state index in [1.165, 1.54) is 12.1 Å². The fourth-order valence-corrected chi connectivity index (χ4v) is 2.08.